The number of aliphatic hydroxyl groups is 1. The van der Waals surface area contributed by atoms with Gasteiger partial charge in [0.25, 0.3) is 11.8 Å². The molecule has 2 amide bonds. The van der Waals surface area contributed by atoms with Crippen molar-refractivity contribution in [2.45, 2.75) is 25.8 Å². The zero-order valence-electron chi connectivity index (χ0n) is 21.5. The summed E-state index contributed by atoms with van der Waals surface area (Å²) < 4.78 is 12.8. The van der Waals surface area contributed by atoms with E-state index in [1.165, 1.54) is 4.90 Å². The van der Waals surface area contributed by atoms with E-state index in [0.717, 1.165) is 23.0 Å². The number of rotatable bonds is 9. The smallest absolute Gasteiger partial charge is 0.261 e. The number of hydrogen-bond donors (Lipinski definition) is 2. The third kappa shape index (κ3) is 4.45. The lowest BCUT2D eigenvalue weighted by molar-refractivity contribution is 0.0606. The van der Waals surface area contributed by atoms with Crippen molar-refractivity contribution >= 4 is 33.6 Å². The quantitative estimate of drug-likeness (QED) is 0.345. The summed E-state index contributed by atoms with van der Waals surface area (Å²) in [5, 5.41) is 10.9. The molecule has 0 spiro atoms. The lowest BCUT2D eigenvalue weighted by atomic mass is 9.93. The van der Waals surface area contributed by atoms with Crippen molar-refractivity contribution in [3.8, 4) is 17.1 Å². The number of hydrogen-bond acceptors (Lipinski definition) is 6. The largest absolute Gasteiger partial charge is 0.493 e. The number of H-pyrrole nitrogens is 1. The SMILES string of the molecule is [2H]C[C@@H](O)CCOc1ccc(-c2nc3c(cc4c5c(cccc53)C(=O)N(CCCN(C)C)C4=O)[nH]2)cc1. The fourth-order valence-electron chi connectivity index (χ4n) is 4.59. The molecule has 1 aliphatic heterocycles. The Labute approximate surface area is 210 Å². The van der Waals surface area contributed by atoms with Crippen LogP contribution in [0.3, 0.4) is 0 Å². The fourth-order valence-corrected chi connectivity index (χ4v) is 4.59. The van der Waals surface area contributed by atoms with E-state index < -0.39 is 6.10 Å². The van der Waals surface area contributed by atoms with Crippen LogP contribution < -0.4 is 4.74 Å². The number of carbonyl (C=O) groups is 2. The Kier molecular flexibility index (Phi) is 6.13. The molecule has 0 bridgehead atoms. The first-order valence-corrected chi connectivity index (χ1v) is 12.0. The normalized spacial score (nSPS) is 14.7. The molecular weight excluding hydrogens is 456 g/mol. The Morgan fingerprint density at radius 1 is 1.14 bits per heavy atom. The molecule has 8 nitrogen and oxygen atoms in total. The molecule has 2 heterocycles. The van der Waals surface area contributed by atoms with E-state index >= 15 is 0 Å². The van der Waals surface area contributed by atoms with Crippen molar-refractivity contribution < 1.29 is 20.8 Å². The Bertz CT molecular complexity index is 1460. The van der Waals surface area contributed by atoms with E-state index in [9.17, 15) is 14.7 Å². The van der Waals surface area contributed by atoms with E-state index in [0.29, 0.717) is 59.6 Å². The van der Waals surface area contributed by atoms with Crippen molar-refractivity contribution in [1.29, 1.82) is 0 Å². The molecule has 186 valence electrons. The monoisotopic (exact) mass is 487 g/mol. The van der Waals surface area contributed by atoms with Gasteiger partial charge in [0, 0.05) is 36.2 Å². The maximum atomic E-state index is 13.4. The zero-order valence-corrected chi connectivity index (χ0v) is 20.5. The minimum Gasteiger partial charge on any atom is -0.493 e. The number of amides is 2. The minimum atomic E-state index is -0.682. The molecule has 5 rings (SSSR count). The lowest BCUT2D eigenvalue weighted by Crippen LogP contribution is -2.41. The highest BCUT2D eigenvalue weighted by molar-refractivity contribution is 6.28. The van der Waals surface area contributed by atoms with Gasteiger partial charge in [-0.15, -0.1) is 0 Å². The number of ether oxygens (including phenoxy) is 1. The van der Waals surface area contributed by atoms with E-state index in [4.69, 9.17) is 11.1 Å². The highest BCUT2D eigenvalue weighted by Gasteiger charge is 2.33. The van der Waals surface area contributed by atoms with Gasteiger partial charge < -0.3 is 19.7 Å². The van der Waals surface area contributed by atoms with Gasteiger partial charge in [0.1, 0.15) is 11.6 Å². The van der Waals surface area contributed by atoms with Crippen LogP contribution in [0.1, 0.15) is 41.8 Å². The van der Waals surface area contributed by atoms with Gasteiger partial charge in [0.15, 0.2) is 0 Å². The molecular formula is C28H30N4O4. The molecule has 1 atom stereocenters. The summed E-state index contributed by atoms with van der Waals surface area (Å²) in [6.07, 6.45) is 0.426. The second-order valence-corrected chi connectivity index (χ2v) is 9.37. The van der Waals surface area contributed by atoms with Crippen LogP contribution >= 0.6 is 0 Å². The van der Waals surface area contributed by atoms with Crippen molar-refractivity contribution in [2.24, 2.45) is 0 Å². The summed E-state index contributed by atoms with van der Waals surface area (Å²) in [4.78, 5) is 38.2. The topological polar surface area (TPSA) is 98.8 Å². The van der Waals surface area contributed by atoms with Crippen LogP contribution in [0.5, 0.6) is 5.75 Å². The lowest BCUT2D eigenvalue weighted by Gasteiger charge is -2.27. The summed E-state index contributed by atoms with van der Waals surface area (Å²) in [6, 6.07) is 14.8. The van der Waals surface area contributed by atoms with Crippen LogP contribution in [0.4, 0.5) is 0 Å². The number of aromatic nitrogens is 2. The van der Waals surface area contributed by atoms with Crippen molar-refractivity contribution in [2.75, 3.05) is 33.8 Å². The van der Waals surface area contributed by atoms with Gasteiger partial charge in [-0.1, -0.05) is 12.1 Å². The molecule has 3 aromatic carbocycles. The second kappa shape index (κ2) is 9.72. The highest BCUT2D eigenvalue weighted by atomic mass is 16.5. The molecule has 2 N–H and O–H groups in total. The number of nitrogens with one attached hydrogen (secondary N) is 1. The Morgan fingerprint density at radius 2 is 1.92 bits per heavy atom. The minimum absolute atomic E-state index is 0.0412. The summed E-state index contributed by atoms with van der Waals surface area (Å²) >= 11 is 0. The molecule has 36 heavy (non-hydrogen) atoms. The molecule has 0 unspecified atom stereocenters. The molecule has 0 aliphatic carbocycles. The standard InChI is InChI=1S/C28H30N4O4/c1-17(33)12-15-36-19-10-8-18(9-11-19)26-29-23-16-22-24-20(25(23)30-26)6-4-7-21(24)27(34)32(28(22)35)14-5-13-31(2)3/h4,6-11,16-17,33H,5,12-15H2,1-3H3,(H,29,30)/t17-/m1/s1/i1D. The third-order valence-electron chi connectivity index (χ3n) is 6.40. The van der Waals surface area contributed by atoms with Gasteiger partial charge in [-0.25, -0.2) is 4.98 Å². The average molecular weight is 488 g/mol. The number of aliphatic hydroxyl groups excluding tert-OH is 1. The van der Waals surface area contributed by atoms with E-state index in [2.05, 4.69) is 4.98 Å². The van der Waals surface area contributed by atoms with Gasteiger partial charge in [0.2, 0.25) is 0 Å². The maximum Gasteiger partial charge on any atom is 0.261 e. The van der Waals surface area contributed by atoms with E-state index in [-0.39, 0.29) is 18.7 Å². The van der Waals surface area contributed by atoms with Gasteiger partial charge in [-0.05, 0) is 70.4 Å². The van der Waals surface area contributed by atoms with Gasteiger partial charge >= 0.3 is 0 Å². The first kappa shape index (κ1) is 22.7. The Balaban J connectivity index is 1.46. The van der Waals surface area contributed by atoms with Gasteiger partial charge in [-0.2, -0.15) is 0 Å². The van der Waals surface area contributed by atoms with Crippen LogP contribution in [0.2, 0.25) is 0 Å². The summed E-state index contributed by atoms with van der Waals surface area (Å²) in [5.41, 5.74) is 3.33. The van der Waals surface area contributed by atoms with E-state index in [1.54, 1.807) is 12.1 Å². The molecule has 0 saturated carbocycles. The third-order valence-corrected chi connectivity index (χ3v) is 6.40. The number of imide groups is 1. The maximum absolute atomic E-state index is 13.4. The van der Waals surface area contributed by atoms with Crippen molar-refractivity contribution in [1.82, 2.24) is 19.8 Å². The molecule has 8 heteroatoms. The van der Waals surface area contributed by atoms with Gasteiger partial charge in [-0.3, -0.25) is 14.5 Å². The summed E-state index contributed by atoms with van der Waals surface area (Å²) in [7, 11) is 3.94. The number of nitrogens with zero attached hydrogens (tertiary/aromatic N) is 3. The van der Waals surface area contributed by atoms with Crippen LogP contribution in [0, 0.1) is 0 Å². The Hall–Kier alpha value is -3.75. The summed E-state index contributed by atoms with van der Waals surface area (Å²) in [5.74, 6) is 0.778. The molecule has 0 saturated heterocycles. The predicted octanol–water partition coefficient (Wildman–Crippen LogP) is 4.08. The number of benzene rings is 3. The number of aromatic amines is 1. The summed E-state index contributed by atoms with van der Waals surface area (Å²) in [6.45, 7) is 1.45. The predicted molar refractivity (Wildman–Crippen MR) is 139 cm³/mol. The zero-order chi connectivity index (χ0) is 26.1. The Morgan fingerprint density at radius 3 is 2.67 bits per heavy atom. The highest BCUT2D eigenvalue weighted by Crippen LogP contribution is 2.36. The van der Waals surface area contributed by atoms with Crippen LogP contribution in [-0.2, 0) is 0 Å². The number of carbonyl (C=O) groups excluding carboxylic acids is 2. The first-order chi connectivity index (χ1) is 17.9. The van der Waals surface area contributed by atoms with Crippen LogP contribution in [-0.4, -0.2) is 76.6 Å². The molecule has 0 fully saturated rings. The van der Waals surface area contributed by atoms with Gasteiger partial charge in [0.05, 0.1) is 29.3 Å². The van der Waals surface area contributed by atoms with E-state index in [1.807, 2.05) is 55.4 Å². The van der Waals surface area contributed by atoms with Crippen LogP contribution in [0.15, 0.2) is 48.5 Å². The first-order valence-electron chi connectivity index (χ1n) is 12.7. The van der Waals surface area contributed by atoms with Crippen LogP contribution in [0.25, 0.3) is 33.2 Å². The van der Waals surface area contributed by atoms with Crippen molar-refractivity contribution in [3.63, 3.8) is 0 Å². The average Bonchev–Trinajstić information content (AvgIpc) is 3.33. The van der Waals surface area contributed by atoms with Crippen molar-refractivity contribution in [3.05, 3.63) is 59.7 Å². The fraction of sp³-hybridized carbons (Fsp3) is 0.321. The second-order valence-electron chi connectivity index (χ2n) is 9.37. The number of fused-ring (bicyclic) bond motifs is 2. The number of imidazole rings is 1. The molecule has 1 aliphatic rings. The molecule has 4 aromatic rings. The molecule has 1 aromatic heterocycles. The molecule has 0 radical (unpaired) electrons.